The molecule has 0 aliphatic rings. The number of anilines is 1. The third kappa shape index (κ3) is 4.70. The van der Waals surface area contributed by atoms with Crippen LogP contribution in [0.25, 0.3) is 0 Å². The predicted molar refractivity (Wildman–Crippen MR) is 88.1 cm³/mol. The normalized spacial score (nSPS) is 10.3. The SMILES string of the molecule is CCCCNc1cc(C(=O)NCc2ccccc2Cl)ncn1. The van der Waals surface area contributed by atoms with Crippen LogP contribution in [0.4, 0.5) is 5.82 Å². The lowest BCUT2D eigenvalue weighted by Crippen LogP contribution is -2.24. The number of aromatic nitrogens is 2. The number of nitrogens with zero attached hydrogens (tertiary/aromatic N) is 2. The summed E-state index contributed by atoms with van der Waals surface area (Å²) in [5.74, 6) is 0.409. The molecule has 0 aliphatic heterocycles. The molecule has 1 aromatic heterocycles. The van der Waals surface area contributed by atoms with Crippen LogP contribution in [0, 0.1) is 0 Å². The van der Waals surface area contributed by atoms with Crippen LogP contribution < -0.4 is 10.6 Å². The molecule has 1 heterocycles. The summed E-state index contributed by atoms with van der Waals surface area (Å²) in [5, 5.41) is 6.61. The molecule has 0 saturated heterocycles. The maximum atomic E-state index is 12.1. The van der Waals surface area contributed by atoms with Crippen molar-refractivity contribution < 1.29 is 4.79 Å². The Labute approximate surface area is 135 Å². The van der Waals surface area contributed by atoms with Crippen molar-refractivity contribution in [2.45, 2.75) is 26.3 Å². The largest absolute Gasteiger partial charge is 0.370 e. The molecule has 0 radical (unpaired) electrons. The number of carbonyl (C=O) groups is 1. The van der Waals surface area contributed by atoms with Gasteiger partial charge in [0.15, 0.2) is 0 Å². The van der Waals surface area contributed by atoms with Crippen LogP contribution in [0.1, 0.15) is 35.8 Å². The summed E-state index contributed by atoms with van der Waals surface area (Å²) >= 11 is 6.06. The molecule has 6 heteroatoms. The Hall–Kier alpha value is -2.14. The van der Waals surface area contributed by atoms with E-state index in [-0.39, 0.29) is 5.91 Å². The Morgan fingerprint density at radius 1 is 1.27 bits per heavy atom. The zero-order valence-corrected chi connectivity index (χ0v) is 13.2. The van der Waals surface area contributed by atoms with E-state index in [4.69, 9.17) is 11.6 Å². The van der Waals surface area contributed by atoms with Gasteiger partial charge in [0.1, 0.15) is 17.8 Å². The van der Waals surface area contributed by atoms with Crippen LogP contribution in [-0.2, 0) is 6.54 Å². The van der Waals surface area contributed by atoms with Crippen molar-refractivity contribution in [3.8, 4) is 0 Å². The molecule has 0 fully saturated rings. The van der Waals surface area contributed by atoms with Gasteiger partial charge in [-0.05, 0) is 18.1 Å². The highest BCUT2D eigenvalue weighted by atomic mass is 35.5. The van der Waals surface area contributed by atoms with Crippen LogP contribution in [0.2, 0.25) is 5.02 Å². The second kappa shape index (κ2) is 8.34. The van der Waals surface area contributed by atoms with E-state index in [1.807, 2.05) is 18.2 Å². The number of halogens is 1. The molecule has 0 aliphatic carbocycles. The second-order valence-corrected chi connectivity index (χ2v) is 5.25. The monoisotopic (exact) mass is 318 g/mol. The Kier molecular flexibility index (Phi) is 6.15. The Morgan fingerprint density at radius 2 is 2.09 bits per heavy atom. The van der Waals surface area contributed by atoms with Crippen LogP contribution >= 0.6 is 11.6 Å². The van der Waals surface area contributed by atoms with Gasteiger partial charge in [-0.25, -0.2) is 9.97 Å². The minimum absolute atomic E-state index is 0.249. The number of amides is 1. The summed E-state index contributed by atoms with van der Waals surface area (Å²) in [5.41, 5.74) is 1.20. The van der Waals surface area contributed by atoms with Crippen LogP contribution in [0.15, 0.2) is 36.7 Å². The number of unbranched alkanes of at least 4 members (excludes halogenated alkanes) is 1. The molecule has 116 valence electrons. The van der Waals surface area contributed by atoms with Gasteiger partial charge in [-0.3, -0.25) is 4.79 Å². The highest BCUT2D eigenvalue weighted by Gasteiger charge is 2.09. The predicted octanol–water partition coefficient (Wildman–Crippen LogP) is 3.27. The first-order valence-corrected chi connectivity index (χ1v) is 7.66. The third-order valence-corrected chi connectivity index (χ3v) is 3.50. The smallest absolute Gasteiger partial charge is 0.270 e. The fraction of sp³-hybridized carbons (Fsp3) is 0.312. The van der Waals surface area contributed by atoms with E-state index in [0.717, 1.165) is 24.9 Å². The van der Waals surface area contributed by atoms with E-state index in [2.05, 4.69) is 27.5 Å². The van der Waals surface area contributed by atoms with Gasteiger partial charge in [0.2, 0.25) is 0 Å². The van der Waals surface area contributed by atoms with E-state index in [1.54, 1.807) is 12.1 Å². The first-order valence-electron chi connectivity index (χ1n) is 7.28. The molecule has 2 aromatic rings. The first-order chi connectivity index (χ1) is 10.7. The zero-order valence-electron chi connectivity index (χ0n) is 12.5. The summed E-state index contributed by atoms with van der Waals surface area (Å²) in [6, 6.07) is 9.06. The van der Waals surface area contributed by atoms with Crippen LogP contribution in [0.5, 0.6) is 0 Å². The lowest BCUT2D eigenvalue weighted by atomic mass is 10.2. The van der Waals surface area contributed by atoms with Gasteiger partial charge >= 0.3 is 0 Å². The van der Waals surface area contributed by atoms with E-state index in [9.17, 15) is 4.79 Å². The van der Waals surface area contributed by atoms with Crippen molar-refractivity contribution in [3.63, 3.8) is 0 Å². The number of nitrogens with one attached hydrogen (secondary N) is 2. The minimum Gasteiger partial charge on any atom is -0.370 e. The molecule has 22 heavy (non-hydrogen) atoms. The lowest BCUT2D eigenvalue weighted by molar-refractivity contribution is 0.0946. The molecule has 0 spiro atoms. The molecule has 0 unspecified atom stereocenters. The Bertz CT molecular complexity index is 633. The Balaban J connectivity index is 1.95. The van der Waals surface area contributed by atoms with Crippen LogP contribution in [-0.4, -0.2) is 22.4 Å². The standard InChI is InChI=1S/C16H19ClN4O/c1-2-3-8-18-15-9-14(20-11-21-15)16(22)19-10-12-6-4-5-7-13(12)17/h4-7,9,11H,2-3,8,10H2,1H3,(H,19,22)(H,18,20,21). The average Bonchev–Trinajstić information content (AvgIpc) is 2.54. The molecule has 0 saturated carbocycles. The quantitative estimate of drug-likeness (QED) is 0.769. The van der Waals surface area contributed by atoms with E-state index >= 15 is 0 Å². The number of hydrogen-bond donors (Lipinski definition) is 2. The summed E-state index contributed by atoms with van der Waals surface area (Å²) in [6.07, 6.45) is 3.54. The Morgan fingerprint density at radius 3 is 2.86 bits per heavy atom. The van der Waals surface area contributed by atoms with E-state index in [1.165, 1.54) is 6.33 Å². The molecular weight excluding hydrogens is 300 g/mol. The topological polar surface area (TPSA) is 66.9 Å². The summed E-state index contributed by atoms with van der Waals surface area (Å²) < 4.78 is 0. The highest BCUT2D eigenvalue weighted by Crippen LogP contribution is 2.14. The summed E-state index contributed by atoms with van der Waals surface area (Å²) in [6.45, 7) is 3.31. The van der Waals surface area contributed by atoms with Gasteiger partial charge < -0.3 is 10.6 Å². The fourth-order valence-electron chi connectivity index (χ4n) is 1.88. The molecule has 2 N–H and O–H groups in total. The van der Waals surface area contributed by atoms with Crippen molar-refractivity contribution >= 4 is 23.3 Å². The van der Waals surface area contributed by atoms with Crippen molar-refractivity contribution in [2.24, 2.45) is 0 Å². The van der Waals surface area contributed by atoms with Gasteiger partial charge in [0.25, 0.3) is 5.91 Å². The number of benzene rings is 1. The zero-order chi connectivity index (χ0) is 15.8. The van der Waals surface area contributed by atoms with Gasteiger partial charge in [-0.1, -0.05) is 43.1 Å². The molecular formula is C16H19ClN4O. The molecule has 0 atom stereocenters. The van der Waals surface area contributed by atoms with Crippen molar-refractivity contribution in [1.29, 1.82) is 0 Å². The molecule has 0 bridgehead atoms. The molecule has 2 rings (SSSR count). The fourth-order valence-corrected chi connectivity index (χ4v) is 2.08. The summed E-state index contributed by atoms with van der Waals surface area (Å²) in [4.78, 5) is 20.2. The number of rotatable bonds is 7. The maximum Gasteiger partial charge on any atom is 0.270 e. The number of hydrogen-bond acceptors (Lipinski definition) is 4. The van der Waals surface area contributed by atoms with Gasteiger partial charge in [0.05, 0.1) is 0 Å². The van der Waals surface area contributed by atoms with Crippen molar-refractivity contribution in [3.05, 3.63) is 52.9 Å². The molecule has 5 nitrogen and oxygen atoms in total. The maximum absolute atomic E-state index is 12.1. The van der Waals surface area contributed by atoms with Crippen LogP contribution in [0.3, 0.4) is 0 Å². The van der Waals surface area contributed by atoms with E-state index < -0.39 is 0 Å². The third-order valence-electron chi connectivity index (χ3n) is 3.13. The van der Waals surface area contributed by atoms with Crippen molar-refractivity contribution in [1.82, 2.24) is 15.3 Å². The second-order valence-electron chi connectivity index (χ2n) is 4.84. The molecule has 1 amide bonds. The van der Waals surface area contributed by atoms with Gasteiger partial charge in [-0.2, -0.15) is 0 Å². The average molecular weight is 319 g/mol. The minimum atomic E-state index is -0.249. The van der Waals surface area contributed by atoms with Gasteiger partial charge in [-0.15, -0.1) is 0 Å². The first kappa shape index (κ1) is 16.2. The number of carbonyl (C=O) groups excluding carboxylic acids is 1. The summed E-state index contributed by atoms with van der Waals surface area (Å²) in [7, 11) is 0. The van der Waals surface area contributed by atoms with Gasteiger partial charge in [0, 0.05) is 24.2 Å². The van der Waals surface area contributed by atoms with E-state index in [0.29, 0.717) is 23.1 Å². The highest BCUT2D eigenvalue weighted by molar-refractivity contribution is 6.31. The lowest BCUT2D eigenvalue weighted by Gasteiger charge is -2.08. The van der Waals surface area contributed by atoms with Crippen molar-refractivity contribution in [2.75, 3.05) is 11.9 Å². The molecule has 1 aromatic carbocycles.